The van der Waals surface area contributed by atoms with Gasteiger partial charge in [0.25, 0.3) is 0 Å². The zero-order valence-corrected chi connectivity index (χ0v) is 13.8. The molecule has 0 heterocycles. The van der Waals surface area contributed by atoms with E-state index in [-0.39, 0.29) is 5.75 Å². The van der Waals surface area contributed by atoms with E-state index >= 15 is 0 Å². The minimum absolute atomic E-state index is 0.106. The number of hydrazone groups is 1. The van der Waals surface area contributed by atoms with E-state index < -0.39 is 6.61 Å². The van der Waals surface area contributed by atoms with Crippen LogP contribution in [-0.2, 0) is 6.54 Å². The molecule has 0 aliphatic carbocycles. The predicted molar refractivity (Wildman–Crippen MR) is 94.3 cm³/mol. The largest absolute Gasteiger partial charge is 0.435 e. The van der Waals surface area contributed by atoms with Crippen molar-refractivity contribution in [2.24, 2.45) is 5.10 Å². The summed E-state index contributed by atoms with van der Waals surface area (Å²) in [4.78, 5) is 0. The molecule has 2 rings (SSSR count). The number of hydrogen-bond donors (Lipinski definition) is 2. The lowest BCUT2D eigenvalue weighted by atomic mass is 10.1. The molecule has 0 saturated carbocycles. The second-order valence-corrected chi connectivity index (χ2v) is 5.29. The second kappa shape index (κ2) is 8.93. The lowest BCUT2D eigenvalue weighted by Crippen LogP contribution is -2.32. The van der Waals surface area contributed by atoms with Crippen LogP contribution in [0.5, 0.6) is 5.75 Å². The highest BCUT2D eigenvalue weighted by Gasteiger charge is 2.05. The topological polar surface area (TPSA) is 45.7 Å². The maximum atomic E-state index is 12.1. The van der Waals surface area contributed by atoms with Crippen LogP contribution in [0.1, 0.15) is 18.1 Å². The van der Waals surface area contributed by atoms with Crippen molar-refractivity contribution in [1.29, 1.82) is 0 Å². The van der Waals surface area contributed by atoms with E-state index in [4.69, 9.17) is 12.2 Å². The molecule has 0 aliphatic heterocycles. The fraction of sp³-hybridized carbons (Fsp3) is 0.176. The number of nitrogens with one attached hydrogen (secondary N) is 2. The Morgan fingerprint density at radius 3 is 2.42 bits per heavy atom. The summed E-state index contributed by atoms with van der Waals surface area (Å²) in [6.45, 7) is -0.447. The smallest absolute Gasteiger partial charge is 0.387 e. The maximum Gasteiger partial charge on any atom is 0.387 e. The summed E-state index contributed by atoms with van der Waals surface area (Å²) in [6, 6.07) is 16.1. The van der Waals surface area contributed by atoms with Crippen LogP contribution in [0.4, 0.5) is 8.78 Å². The van der Waals surface area contributed by atoms with Crippen LogP contribution in [-0.4, -0.2) is 17.4 Å². The summed E-state index contributed by atoms with van der Waals surface area (Å²) in [5, 5.41) is 7.62. The zero-order valence-electron chi connectivity index (χ0n) is 13.0. The quantitative estimate of drug-likeness (QED) is 0.474. The summed E-state index contributed by atoms with van der Waals surface area (Å²) < 4.78 is 28.5. The number of halogens is 2. The SMILES string of the molecule is CC(=NNC(=S)NCc1ccccc1)c1ccc(OC(F)F)cc1. The number of alkyl halides is 2. The Morgan fingerprint density at radius 2 is 1.79 bits per heavy atom. The van der Waals surface area contributed by atoms with Gasteiger partial charge in [0.1, 0.15) is 5.75 Å². The van der Waals surface area contributed by atoms with E-state index in [2.05, 4.69) is 20.6 Å². The molecule has 0 spiro atoms. The molecule has 0 aromatic heterocycles. The number of ether oxygens (including phenoxy) is 1. The van der Waals surface area contributed by atoms with Gasteiger partial charge in [-0.15, -0.1) is 0 Å². The Hall–Kier alpha value is -2.54. The molecular weight excluding hydrogens is 332 g/mol. The highest BCUT2D eigenvalue weighted by atomic mass is 32.1. The van der Waals surface area contributed by atoms with Crippen molar-refractivity contribution in [3.63, 3.8) is 0 Å². The van der Waals surface area contributed by atoms with Gasteiger partial charge in [0.15, 0.2) is 5.11 Å². The number of hydrogen-bond acceptors (Lipinski definition) is 3. The first-order valence-corrected chi connectivity index (χ1v) is 7.63. The third-order valence-corrected chi connectivity index (χ3v) is 3.35. The molecule has 0 fully saturated rings. The van der Waals surface area contributed by atoms with Gasteiger partial charge >= 0.3 is 6.61 Å². The van der Waals surface area contributed by atoms with Gasteiger partial charge in [0.05, 0.1) is 5.71 Å². The van der Waals surface area contributed by atoms with Crippen LogP contribution < -0.4 is 15.5 Å². The van der Waals surface area contributed by atoms with Crippen LogP contribution in [0.2, 0.25) is 0 Å². The van der Waals surface area contributed by atoms with Crippen LogP contribution in [0.15, 0.2) is 59.7 Å². The van der Waals surface area contributed by atoms with Gasteiger partial charge in [0.2, 0.25) is 0 Å². The second-order valence-electron chi connectivity index (χ2n) is 4.88. The molecule has 4 nitrogen and oxygen atoms in total. The summed E-state index contributed by atoms with van der Waals surface area (Å²) in [5.41, 5.74) is 5.31. The third-order valence-electron chi connectivity index (χ3n) is 3.12. The number of benzene rings is 2. The molecule has 2 N–H and O–H groups in total. The van der Waals surface area contributed by atoms with Gasteiger partial charge in [-0.05, 0) is 54.5 Å². The van der Waals surface area contributed by atoms with Gasteiger partial charge in [-0.2, -0.15) is 13.9 Å². The lowest BCUT2D eigenvalue weighted by molar-refractivity contribution is -0.0498. The Kier molecular flexibility index (Phi) is 6.62. The van der Waals surface area contributed by atoms with E-state index in [0.717, 1.165) is 11.1 Å². The van der Waals surface area contributed by atoms with E-state index in [1.165, 1.54) is 12.1 Å². The van der Waals surface area contributed by atoms with Crippen LogP contribution in [0.25, 0.3) is 0 Å². The predicted octanol–water partition coefficient (Wildman–Crippen LogP) is 3.68. The van der Waals surface area contributed by atoms with Gasteiger partial charge in [-0.1, -0.05) is 30.3 Å². The zero-order chi connectivity index (χ0) is 17.4. The number of thiocarbonyl (C=S) groups is 1. The van der Waals surface area contributed by atoms with Crippen LogP contribution in [0.3, 0.4) is 0 Å². The Bertz CT molecular complexity index is 691. The summed E-state index contributed by atoms with van der Waals surface area (Å²) in [5.74, 6) is 0.106. The molecular formula is C17H17F2N3OS. The van der Waals surface area contributed by atoms with E-state index in [1.807, 2.05) is 30.3 Å². The average molecular weight is 349 g/mol. The van der Waals surface area contributed by atoms with E-state index in [1.54, 1.807) is 19.1 Å². The Balaban J connectivity index is 1.85. The average Bonchev–Trinajstić information content (AvgIpc) is 2.59. The molecule has 0 atom stereocenters. The molecule has 24 heavy (non-hydrogen) atoms. The fourth-order valence-corrected chi connectivity index (χ4v) is 2.01. The van der Waals surface area contributed by atoms with Crippen molar-refractivity contribution >= 4 is 23.0 Å². The van der Waals surface area contributed by atoms with Crippen molar-refractivity contribution < 1.29 is 13.5 Å². The first kappa shape index (κ1) is 17.8. The van der Waals surface area contributed by atoms with Gasteiger partial charge in [-0.25, -0.2) is 0 Å². The van der Waals surface area contributed by atoms with Crippen LogP contribution >= 0.6 is 12.2 Å². The first-order valence-electron chi connectivity index (χ1n) is 7.22. The molecule has 0 amide bonds. The van der Waals surface area contributed by atoms with Gasteiger partial charge in [-0.3, -0.25) is 5.43 Å². The van der Waals surface area contributed by atoms with Gasteiger partial charge < -0.3 is 10.1 Å². The molecule has 0 radical (unpaired) electrons. The fourth-order valence-electron chi connectivity index (χ4n) is 1.89. The maximum absolute atomic E-state index is 12.1. The molecule has 0 unspecified atom stereocenters. The molecule has 0 saturated heterocycles. The Labute approximate surface area is 144 Å². The van der Waals surface area contributed by atoms with Crippen molar-refractivity contribution in [2.75, 3.05) is 0 Å². The minimum atomic E-state index is -2.83. The van der Waals surface area contributed by atoms with Crippen molar-refractivity contribution in [2.45, 2.75) is 20.1 Å². The molecule has 0 bridgehead atoms. The van der Waals surface area contributed by atoms with E-state index in [0.29, 0.717) is 17.4 Å². The molecule has 126 valence electrons. The molecule has 7 heteroatoms. The first-order chi connectivity index (χ1) is 11.5. The van der Waals surface area contributed by atoms with Gasteiger partial charge in [0, 0.05) is 6.54 Å². The normalized spacial score (nSPS) is 11.2. The van der Waals surface area contributed by atoms with Crippen LogP contribution in [0, 0.1) is 0 Å². The lowest BCUT2D eigenvalue weighted by Gasteiger charge is -2.09. The highest BCUT2D eigenvalue weighted by Crippen LogP contribution is 2.15. The van der Waals surface area contributed by atoms with Crippen molar-refractivity contribution in [1.82, 2.24) is 10.7 Å². The summed E-state index contributed by atoms with van der Waals surface area (Å²) >= 11 is 5.16. The van der Waals surface area contributed by atoms with Crippen molar-refractivity contribution in [3.05, 3.63) is 65.7 Å². The van der Waals surface area contributed by atoms with Crippen molar-refractivity contribution in [3.8, 4) is 5.75 Å². The molecule has 0 aliphatic rings. The molecule has 2 aromatic rings. The highest BCUT2D eigenvalue weighted by molar-refractivity contribution is 7.80. The summed E-state index contributed by atoms with van der Waals surface area (Å²) in [6.07, 6.45) is 0. The summed E-state index contributed by atoms with van der Waals surface area (Å²) in [7, 11) is 0. The Morgan fingerprint density at radius 1 is 1.12 bits per heavy atom. The van der Waals surface area contributed by atoms with E-state index in [9.17, 15) is 8.78 Å². The number of rotatable bonds is 6. The monoisotopic (exact) mass is 349 g/mol. The standard InChI is InChI=1S/C17H17F2N3OS/c1-12(14-7-9-15(10-8-14)23-16(18)19)21-22-17(24)20-11-13-5-3-2-4-6-13/h2-10,16H,11H2,1H3,(H2,20,22,24). The minimum Gasteiger partial charge on any atom is -0.435 e. The number of nitrogens with zero attached hydrogens (tertiary/aromatic N) is 1. The third kappa shape index (κ3) is 5.92. The molecule has 2 aromatic carbocycles.